The molecule has 2 aliphatic carbocycles. The highest BCUT2D eigenvalue weighted by Crippen LogP contribution is 2.44. The van der Waals surface area contributed by atoms with Gasteiger partial charge in [-0.1, -0.05) is 27.0 Å². The van der Waals surface area contributed by atoms with Gasteiger partial charge in [-0.2, -0.15) is 0 Å². The van der Waals surface area contributed by atoms with Crippen molar-refractivity contribution in [2.45, 2.75) is 59.3 Å². The second-order valence-corrected chi connectivity index (χ2v) is 8.21. The van der Waals surface area contributed by atoms with Gasteiger partial charge >= 0.3 is 0 Å². The van der Waals surface area contributed by atoms with E-state index in [9.17, 15) is 0 Å². The third kappa shape index (κ3) is 3.79. The Bertz CT molecular complexity index is 548. The van der Waals surface area contributed by atoms with E-state index in [-0.39, 0.29) is 0 Å². The van der Waals surface area contributed by atoms with Crippen LogP contribution in [0, 0.1) is 18.8 Å². The molecular weight excluding hydrogens is 274 g/mol. The van der Waals surface area contributed by atoms with Crippen LogP contribution in [0.5, 0.6) is 0 Å². The minimum absolute atomic E-state index is 0.685. The predicted octanol–water partition coefficient (Wildman–Crippen LogP) is 5.64. The minimum atomic E-state index is 0.685. The maximum absolute atomic E-state index is 5.30. The van der Waals surface area contributed by atoms with Crippen molar-refractivity contribution in [3.63, 3.8) is 0 Å². The molecule has 0 bridgehead atoms. The largest absolute Gasteiger partial charge is 0.402 e. The smallest absolute Gasteiger partial charge is 0.0115 e. The number of thiophene rings is 1. The summed E-state index contributed by atoms with van der Waals surface area (Å²) in [5.41, 5.74) is 10.5. The van der Waals surface area contributed by atoms with E-state index in [4.69, 9.17) is 5.73 Å². The molecule has 0 aliphatic heterocycles. The Morgan fingerprint density at radius 1 is 1.24 bits per heavy atom. The maximum atomic E-state index is 5.30. The number of fused-ring (bicyclic) bond motifs is 1. The zero-order valence-electron chi connectivity index (χ0n) is 14.0. The van der Waals surface area contributed by atoms with Gasteiger partial charge in [-0.15, -0.1) is 11.3 Å². The zero-order valence-corrected chi connectivity index (χ0v) is 14.8. The molecule has 2 atom stereocenters. The molecule has 1 fully saturated rings. The summed E-state index contributed by atoms with van der Waals surface area (Å²) >= 11 is 1.99. The monoisotopic (exact) mass is 303 g/mol. The number of rotatable bonds is 2. The Kier molecular flexibility index (Phi) is 4.98. The highest BCUT2D eigenvalue weighted by Gasteiger charge is 2.27. The van der Waals surface area contributed by atoms with Crippen molar-refractivity contribution in [1.29, 1.82) is 0 Å². The van der Waals surface area contributed by atoms with Gasteiger partial charge in [-0.25, -0.2) is 0 Å². The Hall–Kier alpha value is -1.02. The van der Waals surface area contributed by atoms with Gasteiger partial charge in [0.15, 0.2) is 0 Å². The van der Waals surface area contributed by atoms with E-state index in [0.29, 0.717) is 5.92 Å². The molecule has 2 aliphatic rings. The number of aryl methyl sites for hydroxylation is 1. The van der Waals surface area contributed by atoms with Crippen LogP contribution in [0.3, 0.4) is 0 Å². The van der Waals surface area contributed by atoms with Crippen LogP contribution in [0.15, 0.2) is 18.9 Å². The summed E-state index contributed by atoms with van der Waals surface area (Å²) in [4.78, 5) is 3.09. The second kappa shape index (κ2) is 6.39. The lowest BCUT2D eigenvalue weighted by molar-refractivity contribution is 0.456. The number of nitrogens with two attached hydrogens (primary N) is 1. The van der Waals surface area contributed by atoms with Gasteiger partial charge in [-0.3, -0.25) is 0 Å². The third-order valence-electron chi connectivity index (χ3n) is 4.50. The first kappa shape index (κ1) is 16.4. The van der Waals surface area contributed by atoms with Crippen LogP contribution in [0.25, 0.3) is 5.57 Å². The van der Waals surface area contributed by atoms with Crippen LogP contribution < -0.4 is 5.73 Å². The van der Waals surface area contributed by atoms with Crippen LogP contribution in [0.4, 0.5) is 0 Å². The molecule has 1 heterocycles. The fraction of sp³-hybridized carbons (Fsp3) is 0.579. The lowest BCUT2D eigenvalue weighted by Gasteiger charge is -2.25. The zero-order chi connectivity index (χ0) is 15.7. The first-order chi connectivity index (χ1) is 9.81. The van der Waals surface area contributed by atoms with E-state index in [1.807, 2.05) is 11.3 Å². The minimum Gasteiger partial charge on any atom is -0.402 e. The van der Waals surface area contributed by atoms with E-state index in [1.54, 1.807) is 10.4 Å². The normalized spacial score (nSPS) is 23.8. The number of hydrogen-bond donors (Lipinski definition) is 1. The Morgan fingerprint density at radius 3 is 2.29 bits per heavy atom. The molecule has 2 unspecified atom stereocenters. The lowest BCUT2D eigenvalue weighted by Crippen LogP contribution is -2.13. The molecule has 0 spiro atoms. The summed E-state index contributed by atoms with van der Waals surface area (Å²) in [6.45, 7) is 16.8. The predicted molar refractivity (Wildman–Crippen MR) is 95.7 cm³/mol. The summed E-state index contributed by atoms with van der Waals surface area (Å²) in [6.07, 6.45) is 5.15. The van der Waals surface area contributed by atoms with Gasteiger partial charge < -0.3 is 5.73 Å². The molecule has 0 radical (unpaired) electrons. The quantitative estimate of drug-likeness (QED) is 0.751. The number of allylic oxidation sites excluding steroid dienone is 2. The summed E-state index contributed by atoms with van der Waals surface area (Å²) < 4.78 is 0. The van der Waals surface area contributed by atoms with E-state index in [0.717, 1.165) is 17.5 Å². The molecule has 21 heavy (non-hydrogen) atoms. The molecular formula is C19H29NS. The SMILES string of the molecule is C=C(C)c1c(C)sc2c1CC(C)CC2C.C=C(N)C1CC1. The van der Waals surface area contributed by atoms with Gasteiger partial charge in [0.2, 0.25) is 0 Å². The molecule has 2 heteroatoms. The van der Waals surface area contributed by atoms with Crippen LogP contribution in [0.2, 0.25) is 0 Å². The molecule has 0 aromatic carbocycles. The van der Waals surface area contributed by atoms with E-state index in [2.05, 4.69) is 40.9 Å². The van der Waals surface area contributed by atoms with E-state index in [1.165, 1.54) is 41.7 Å². The Morgan fingerprint density at radius 2 is 1.86 bits per heavy atom. The first-order valence-corrected chi connectivity index (χ1v) is 8.85. The van der Waals surface area contributed by atoms with Crippen LogP contribution in [-0.2, 0) is 6.42 Å². The van der Waals surface area contributed by atoms with Crippen LogP contribution >= 0.6 is 11.3 Å². The molecule has 1 aromatic heterocycles. The van der Waals surface area contributed by atoms with Crippen molar-refractivity contribution >= 4 is 16.9 Å². The highest BCUT2D eigenvalue weighted by molar-refractivity contribution is 7.12. The lowest BCUT2D eigenvalue weighted by atomic mass is 9.81. The maximum Gasteiger partial charge on any atom is 0.0115 e. The second-order valence-electron chi connectivity index (χ2n) is 6.95. The van der Waals surface area contributed by atoms with E-state index >= 15 is 0 Å². The molecule has 1 saturated carbocycles. The Balaban J connectivity index is 0.000000225. The van der Waals surface area contributed by atoms with Gasteiger partial charge in [0, 0.05) is 15.5 Å². The average Bonchev–Trinajstić information content (AvgIpc) is 3.14. The molecule has 3 rings (SSSR count). The van der Waals surface area contributed by atoms with Gasteiger partial charge in [0.05, 0.1) is 0 Å². The van der Waals surface area contributed by atoms with Crippen molar-refractivity contribution < 1.29 is 0 Å². The number of hydrogen-bond acceptors (Lipinski definition) is 2. The topological polar surface area (TPSA) is 26.0 Å². The molecule has 1 aromatic rings. The molecule has 2 N–H and O–H groups in total. The highest BCUT2D eigenvalue weighted by atomic mass is 32.1. The third-order valence-corrected chi connectivity index (χ3v) is 5.88. The van der Waals surface area contributed by atoms with Crippen molar-refractivity contribution in [2.24, 2.45) is 17.6 Å². The van der Waals surface area contributed by atoms with E-state index < -0.39 is 0 Å². The van der Waals surface area contributed by atoms with Gasteiger partial charge in [-0.05, 0) is 74.0 Å². The average molecular weight is 304 g/mol. The fourth-order valence-corrected chi connectivity index (χ4v) is 4.70. The summed E-state index contributed by atoms with van der Waals surface area (Å²) in [6, 6.07) is 0. The van der Waals surface area contributed by atoms with Crippen LogP contribution in [-0.4, -0.2) is 0 Å². The Labute approximate surface area is 134 Å². The van der Waals surface area contributed by atoms with Crippen molar-refractivity contribution in [3.8, 4) is 0 Å². The van der Waals surface area contributed by atoms with Crippen molar-refractivity contribution in [3.05, 3.63) is 39.7 Å². The van der Waals surface area contributed by atoms with Gasteiger partial charge in [0.1, 0.15) is 0 Å². The van der Waals surface area contributed by atoms with Crippen molar-refractivity contribution in [2.75, 3.05) is 0 Å². The van der Waals surface area contributed by atoms with Crippen molar-refractivity contribution in [1.82, 2.24) is 0 Å². The first-order valence-electron chi connectivity index (χ1n) is 8.03. The standard InChI is InChI=1S/C14H20S.C5H9N/c1-8(2)13-11(5)15-14-10(4)6-9(3)7-12(13)14;1-4(6)5-2-3-5/h9-10H,1,6-7H2,2-5H3;5H,1-3,6H2. The molecule has 0 saturated heterocycles. The molecule has 116 valence electrons. The summed E-state index contributed by atoms with van der Waals surface area (Å²) in [7, 11) is 0. The van der Waals surface area contributed by atoms with Crippen LogP contribution in [0.1, 0.15) is 66.8 Å². The fourth-order valence-electron chi connectivity index (χ4n) is 3.37. The summed E-state index contributed by atoms with van der Waals surface area (Å²) in [5, 5.41) is 0. The molecule has 1 nitrogen and oxygen atoms in total. The van der Waals surface area contributed by atoms with Gasteiger partial charge in [0.25, 0.3) is 0 Å². The summed E-state index contributed by atoms with van der Waals surface area (Å²) in [5.74, 6) is 2.27. The molecule has 0 amide bonds.